The zero-order valence-electron chi connectivity index (χ0n) is 11.6. The highest BCUT2D eigenvalue weighted by Crippen LogP contribution is 2.30. The second-order valence-electron chi connectivity index (χ2n) is 5.60. The highest BCUT2D eigenvalue weighted by molar-refractivity contribution is 5.95. The summed E-state index contributed by atoms with van der Waals surface area (Å²) in [5, 5.41) is 7.33. The van der Waals surface area contributed by atoms with Crippen molar-refractivity contribution in [2.75, 3.05) is 11.9 Å². The largest absolute Gasteiger partial charge is 0.384 e. The summed E-state index contributed by atoms with van der Waals surface area (Å²) in [5.41, 5.74) is 6.41. The molecule has 104 valence electrons. The average molecular weight is 263 g/mol. The second kappa shape index (κ2) is 5.59. The molecule has 2 rings (SSSR count). The number of nitrogens with one attached hydrogen (secondary N) is 1. The van der Waals surface area contributed by atoms with Gasteiger partial charge in [0.25, 0.3) is 0 Å². The number of benzene rings is 1. The van der Waals surface area contributed by atoms with Gasteiger partial charge in [-0.1, -0.05) is 6.92 Å². The Morgan fingerprint density at radius 3 is 2.47 bits per heavy atom. The standard InChI is InChI=1S/C15H22FN3/c1-10-3-6-12(7-4-10)19(2)14-8-5-11(15(17)18)9-13(14)16/h5,8-10,12H,3-4,6-7H2,1-2H3,(H3,17,18). The SMILES string of the molecule is CC1CCC(N(C)c2ccc(C(=N)N)cc2F)CC1. The number of nitrogen functional groups attached to an aromatic ring is 1. The summed E-state index contributed by atoms with van der Waals surface area (Å²) in [7, 11) is 1.95. The lowest BCUT2D eigenvalue weighted by atomic mass is 9.86. The summed E-state index contributed by atoms with van der Waals surface area (Å²) >= 11 is 0. The van der Waals surface area contributed by atoms with Gasteiger partial charge in [0.2, 0.25) is 0 Å². The van der Waals surface area contributed by atoms with E-state index in [0.717, 1.165) is 18.8 Å². The monoisotopic (exact) mass is 263 g/mol. The number of rotatable bonds is 3. The Bertz CT molecular complexity index is 464. The molecular weight excluding hydrogens is 241 g/mol. The molecule has 0 atom stereocenters. The lowest BCUT2D eigenvalue weighted by Crippen LogP contribution is -2.35. The fourth-order valence-corrected chi connectivity index (χ4v) is 2.79. The molecule has 0 saturated heterocycles. The highest BCUT2D eigenvalue weighted by Gasteiger charge is 2.23. The first-order valence-corrected chi connectivity index (χ1v) is 6.86. The van der Waals surface area contributed by atoms with Crippen molar-refractivity contribution in [3.05, 3.63) is 29.6 Å². The quantitative estimate of drug-likeness (QED) is 0.650. The Morgan fingerprint density at radius 1 is 1.32 bits per heavy atom. The van der Waals surface area contributed by atoms with Gasteiger partial charge in [-0.25, -0.2) is 4.39 Å². The van der Waals surface area contributed by atoms with Crippen LogP contribution in [0.5, 0.6) is 0 Å². The van der Waals surface area contributed by atoms with Crippen molar-refractivity contribution in [1.29, 1.82) is 5.41 Å². The van der Waals surface area contributed by atoms with Crippen LogP contribution >= 0.6 is 0 Å². The van der Waals surface area contributed by atoms with Gasteiger partial charge in [-0.05, 0) is 49.8 Å². The molecule has 3 nitrogen and oxygen atoms in total. The zero-order valence-corrected chi connectivity index (χ0v) is 11.6. The van der Waals surface area contributed by atoms with E-state index < -0.39 is 0 Å². The van der Waals surface area contributed by atoms with Crippen LogP contribution in [0.3, 0.4) is 0 Å². The van der Waals surface area contributed by atoms with Crippen molar-refractivity contribution in [1.82, 2.24) is 0 Å². The molecule has 0 aliphatic heterocycles. The summed E-state index contributed by atoms with van der Waals surface area (Å²) in [5.74, 6) is 0.392. The van der Waals surface area contributed by atoms with Crippen LogP contribution in [-0.2, 0) is 0 Å². The molecular formula is C15H22FN3. The van der Waals surface area contributed by atoms with Crippen LogP contribution in [0.25, 0.3) is 0 Å². The van der Waals surface area contributed by atoms with Crippen molar-refractivity contribution in [2.45, 2.75) is 38.6 Å². The Labute approximate surface area is 114 Å². The third-order valence-electron chi connectivity index (χ3n) is 4.17. The van der Waals surface area contributed by atoms with Gasteiger partial charge in [0, 0.05) is 18.7 Å². The van der Waals surface area contributed by atoms with Gasteiger partial charge in [-0.3, -0.25) is 5.41 Å². The fraction of sp³-hybridized carbons (Fsp3) is 0.533. The van der Waals surface area contributed by atoms with E-state index in [2.05, 4.69) is 6.92 Å². The minimum atomic E-state index is -0.297. The van der Waals surface area contributed by atoms with Gasteiger partial charge in [-0.2, -0.15) is 0 Å². The van der Waals surface area contributed by atoms with E-state index in [9.17, 15) is 4.39 Å². The van der Waals surface area contributed by atoms with Crippen molar-refractivity contribution in [2.24, 2.45) is 11.7 Å². The van der Waals surface area contributed by atoms with E-state index >= 15 is 0 Å². The number of halogens is 1. The number of nitrogens with two attached hydrogens (primary N) is 1. The molecule has 0 aromatic heterocycles. The van der Waals surface area contributed by atoms with Crippen LogP contribution in [-0.4, -0.2) is 18.9 Å². The van der Waals surface area contributed by atoms with Crippen LogP contribution in [0, 0.1) is 17.1 Å². The minimum Gasteiger partial charge on any atom is -0.384 e. The van der Waals surface area contributed by atoms with Crippen LogP contribution in [0.4, 0.5) is 10.1 Å². The first kappa shape index (κ1) is 13.8. The van der Waals surface area contributed by atoms with E-state index in [-0.39, 0.29) is 11.7 Å². The van der Waals surface area contributed by atoms with E-state index in [1.807, 2.05) is 11.9 Å². The van der Waals surface area contributed by atoms with Gasteiger partial charge in [0.05, 0.1) is 5.69 Å². The number of hydrogen-bond donors (Lipinski definition) is 2. The van der Waals surface area contributed by atoms with Gasteiger partial charge in [-0.15, -0.1) is 0 Å². The molecule has 1 aliphatic carbocycles. The lowest BCUT2D eigenvalue weighted by molar-refractivity contribution is 0.339. The molecule has 1 aromatic carbocycles. The predicted octanol–water partition coefficient (Wildman–Crippen LogP) is 3.12. The zero-order chi connectivity index (χ0) is 14.0. The van der Waals surface area contributed by atoms with Crippen LogP contribution in [0.15, 0.2) is 18.2 Å². The summed E-state index contributed by atoms with van der Waals surface area (Å²) in [6, 6.07) is 5.20. The van der Waals surface area contributed by atoms with Crippen molar-refractivity contribution >= 4 is 11.5 Å². The maximum Gasteiger partial charge on any atom is 0.147 e. The van der Waals surface area contributed by atoms with Gasteiger partial charge < -0.3 is 10.6 Å². The molecule has 0 spiro atoms. The summed E-state index contributed by atoms with van der Waals surface area (Å²) < 4.78 is 14.1. The highest BCUT2D eigenvalue weighted by atomic mass is 19.1. The molecule has 0 bridgehead atoms. The number of anilines is 1. The number of nitrogens with zero attached hydrogens (tertiary/aromatic N) is 1. The molecule has 1 aromatic rings. The van der Waals surface area contributed by atoms with Crippen LogP contribution in [0.2, 0.25) is 0 Å². The van der Waals surface area contributed by atoms with Crippen molar-refractivity contribution < 1.29 is 4.39 Å². The van der Waals surface area contributed by atoms with Crippen LogP contribution in [0.1, 0.15) is 38.2 Å². The topological polar surface area (TPSA) is 53.1 Å². The van der Waals surface area contributed by atoms with E-state index in [0.29, 0.717) is 17.3 Å². The fourth-order valence-electron chi connectivity index (χ4n) is 2.79. The minimum absolute atomic E-state index is 0.0976. The molecule has 3 N–H and O–H groups in total. The molecule has 4 heteroatoms. The molecule has 1 fully saturated rings. The molecule has 0 heterocycles. The molecule has 0 amide bonds. The van der Waals surface area contributed by atoms with Crippen LogP contribution < -0.4 is 10.6 Å². The third kappa shape index (κ3) is 3.06. The normalized spacial score (nSPS) is 23.1. The lowest BCUT2D eigenvalue weighted by Gasteiger charge is -2.35. The number of hydrogen-bond acceptors (Lipinski definition) is 2. The Hall–Kier alpha value is -1.58. The van der Waals surface area contributed by atoms with Gasteiger partial charge >= 0.3 is 0 Å². The smallest absolute Gasteiger partial charge is 0.147 e. The molecule has 0 radical (unpaired) electrons. The first-order chi connectivity index (χ1) is 8.99. The van der Waals surface area contributed by atoms with E-state index in [1.54, 1.807) is 12.1 Å². The van der Waals surface area contributed by atoms with E-state index in [4.69, 9.17) is 11.1 Å². The third-order valence-corrected chi connectivity index (χ3v) is 4.17. The summed E-state index contributed by atoms with van der Waals surface area (Å²) in [6.07, 6.45) is 4.65. The van der Waals surface area contributed by atoms with Crippen molar-refractivity contribution in [3.8, 4) is 0 Å². The Balaban J connectivity index is 2.15. The Kier molecular flexibility index (Phi) is 4.08. The predicted molar refractivity (Wildman–Crippen MR) is 77.2 cm³/mol. The van der Waals surface area contributed by atoms with Gasteiger partial charge in [0.1, 0.15) is 11.7 Å². The first-order valence-electron chi connectivity index (χ1n) is 6.86. The Morgan fingerprint density at radius 2 is 1.95 bits per heavy atom. The summed E-state index contributed by atoms with van der Waals surface area (Å²) in [6.45, 7) is 2.28. The van der Waals surface area contributed by atoms with Crippen molar-refractivity contribution in [3.63, 3.8) is 0 Å². The molecule has 1 aliphatic rings. The maximum absolute atomic E-state index is 14.1. The van der Waals surface area contributed by atoms with E-state index in [1.165, 1.54) is 18.9 Å². The number of amidine groups is 1. The summed E-state index contributed by atoms with van der Waals surface area (Å²) in [4.78, 5) is 2.03. The second-order valence-corrected chi connectivity index (χ2v) is 5.60. The maximum atomic E-state index is 14.1. The van der Waals surface area contributed by atoms with Gasteiger partial charge in [0.15, 0.2) is 0 Å². The molecule has 1 saturated carbocycles. The average Bonchev–Trinajstić information content (AvgIpc) is 2.38. The molecule has 19 heavy (non-hydrogen) atoms. The molecule has 0 unspecified atom stereocenters.